The quantitative estimate of drug-likeness (QED) is 0.606. The Balaban J connectivity index is 2.20. The summed E-state index contributed by atoms with van der Waals surface area (Å²) in [6.45, 7) is 0. The fourth-order valence-corrected chi connectivity index (χ4v) is 2.60. The molecule has 1 aromatic rings. The molecule has 1 aromatic carbocycles. The van der Waals surface area contributed by atoms with Gasteiger partial charge in [-0.15, -0.1) is 0 Å². The van der Waals surface area contributed by atoms with E-state index < -0.39 is 0 Å². The van der Waals surface area contributed by atoms with E-state index in [1.54, 1.807) is 7.11 Å². The second kappa shape index (κ2) is 5.32. The largest absolute Gasteiger partial charge is 0.497 e. The SMILES string of the molecule is COc1cccc([C@H]2CCCC[C@H]2NN)c1. The van der Waals surface area contributed by atoms with Crippen LogP contribution in [0.25, 0.3) is 0 Å². The summed E-state index contributed by atoms with van der Waals surface area (Å²) in [5.41, 5.74) is 4.28. The van der Waals surface area contributed by atoms with Gasteiger partial charge in [0.2, 0.25) is 0 Å². The Hall–Kier alpha value is -1.06. The lowest BCUT2D eigenvalue weighted by Crippen LogP contribution is -2.41. The van der Waals surface area contributed by atoms with E-state index in [0.717, 1.165) is 5.75 Å². The number of hydrogen-bond donors (Lipinski definition) is 2. The van der Waals surface area contributed by atoms with Crippen molar-refractivity contribution in [2.75, 3.05) is 7.11 Å². The lowest BCUT2D eigenvalue weighted by Gasteiger charge is -2.31. The zero-order valence-electron chi connectivity index (χ0n) is 9.78. The summed E-state index contributed by atoms with van der Waals surface area (Å²) >= 11 is 0. The molecule has 0 unspecified atom stereocenters. The highest BCUT2D eigenvalue weighted by atomic mass is 16.5. The minimum atomic E-state index is 0.404. The summed E-state index contributed by atoms with van der Waals surface area (Å²) in [6, 6.07) is 8.73. The van der Waals surface area contributed by atoms with Crippen LogP contribution in [0, 0.1) is 0 Å². The van der Waals surface area contributed by atoms with Gasteiger partial charge in [-0.2, -0.15) is 0 Å². The molecule has 0 spiro atoms. The van der Waals surface area contributed by atoms with Gasteiger partial charge in [0.05, 0.1) is 7.11 Å². The van der Waals surface area contributed by atoms with E-state index in [0.29, 0.717) is 12.0 Å². The molecule has 3 heteroatoms. The first-order valence-electron chi connectivity index (χ1n) is 5.95. The van der Waals surface area contributed by atoms with Gasteiger partial charge in [-0.1, -0.05) is 25.0 Å². The van der Waals surface area contributed by atoms with Crippen LogP contribution in [0.3, 0.4) is 0 Å². The second-order valence-electron chi connectivity index (χ2n) is 4.44. The Morgan fingerprint density at radius 1 is 1.31 bits per heavy atom. The monoisotopic (exact) mass is 220 g/mol. The summed E-state index contributed by atoms with van der Waals surface area (Å²) in [4.78, 5) is 0. The van der Waals surface area contributed by atoms with E-state index in [1.165, 1.54) is 31.2 Å². The fourth-order valence-electron chi connectivity index (χ4n) is 2.60. The van der Waals surface area contributed by atoms with Crippen molar-refractivity contribution >= 4 is 0 Å². The zero-order valence-corrected chi connectivity index (χ0v) is 9.78. The number of rotatable bonds is 3. The molecule has 1 fully saturated rings. The normalized spacial score (nSPS) is 25.4. The number of benzene rings is 1. The second-order valence-corrected chi connectivity index (χ2v) is 4.44. The van der Waals surface area contributed by atoms with Gasteiger partial charge < -0.3 is 4.74 Å². The average Bonchev–Trinajstić information content (AvgIpc) is 2.38. The Morgan fingerprint density at radius 3 is 2.88 bits per heavy atom. The first-order chi connectivity index (χ1) is 7.85. The molecule has 3 N–H and O–H groups in total. The van der Waals surface area contributed by atoms with Crippen molar-refractivity contribution in [2.45, 2.75) is 37.6 Å². The summed E-state index contributed by atoms with van der Waals surface area (Å²) in [5.74, 6) is 7.07. The van der Waals surface area contributed by atoms with Crippen LogP contribution < -0.4 is 16.0 Å². The molecule has 3 nitrogen and oxygen atoms in total. The maximum atomic E-state index is 5.62. The van der Waals surface area contributed by atoms with E-state index in [9.17, 15) is 0 Å². The van der Waals surface area contributed by atoms with Crippen LogP contribution in [-0.2, 0) is 0 Å². The van der Waals surface area contributed by atoms with Gasteiger partial charge in [0.25, 0.3) is 0 Å². The van der Waals surface area contributed by atoms with Gasteiger partial charge in [-0.25, -0.2) is 0 Å². The highest BCUT2D eigenvalue weighted by molar-refractivity contribution is 5.32. The third-order valence-corrected chi connectivity index (χ3v) is 3.50. The molecule has 88 valence electrons. The van der Waals surface area contributed by atoms with Gasteiger partial charge >= 0.3 is 0 Å². The Morgan fingerprint density at radius 2 is 2.12 bits per heavy atom. The molecule has 1 saturated carbocycles. The van der Waals surface area contributed by atoms with Gasteiger partial charge in [-0.05, 0) is 30.5 Å². The minimum Gasteiger partial charge on any atom is -0.497 e. The van der Waals surface area contributed by atoms with Crippen LogP contribution in [0.2, 0.25) is 0 Å². The standard InChI is InChI=1S/C13H20N2O/c1-16-11-6-4-5-10(9-11)12-7-2-3-8-13(12)15-14/h4-6,9,12-13,15H,2-3,7-8,14H2,1H3/t12-,13-/m1/s1. The van der Waals surface area contributed by atoms with Crippen molar-refractivity contribution in [3.05, 3.63) is 29.8 Å². The van der Waals surface area contributed by atoms with Crippen LogP contribution in [0.15, 0.2) is 24.3 Å². The van der Waals surface area contributed by atoms with Crippen molar-refractivity contribution in [1.82, 2.24) is 5.43 Å². The summed E-state index contributed by atoms with van der Waals surface area (Å²) in [5, 5.41) is 0. The number of hydrazine groups is 1. The first kappa shape index (κ1) is 11.4. The molecule has 2 rings (SSSR count). The van der Waals surface area contributed by atoms with Gasteiger partial charge in [0, 0.05) is 12.0 Å². The lowest BCUT2D eigenvalue weighted by molar-refractivity contribution is 0.330. The molecule has 2 atom stereocenters. The number of nitrogens with one attached hydrogen (secondary N) is 1. The maximum absolute atomic E-state index is 5.62. The molecule has 0 amide bonds. The molecule has 0 saturated heterocycles. The maximum Gasteiger partial charge on any atom is 0.119 e. The predicted molar refractivity (Wildman–Crippen MR) is 65.3 cm³/mol. The lowest BCUT2D eigenvalue weighted by atomic mass is 9.80. The molecule has 1 aliphatic carbocycles. The average molecular weight is 220 g/mol. The van der Waals surface area contributed by atoms with E-state index in [2.05, 4.69) is 23.6 Å². The highest BCUT2D eigenvalue weighted by Crippen LogP contribution is 2.33. The van der Waals surface area contributed by atoms with Crippen molar-refractivity contribution in [1.29, 1.82) is 0 Å². The van der Waals surface area contributed by atoms with E-state index in [-0.39, 0.29) is 0 Å². The van der Waals surface area contributed by atoms with E-state index in [1.807, 2.05) is 6.07 Å². The third kappa shape index (κ3) is 2.36. The topological polar surface area (TPSA) is 47.3 Å². The molecular weight excluding hydrogens is 200 g/mol. The Labute approximate surface area is 97.0 Å². The third-order valence-electron chi connectivity index (χ3n) is 3.50. The molecule has 0 radical (unpaired) electrons. The van der Waals surface area contributed by atoms with Crippen molar-refractivity contribution in [3.63, 3.8) is 0 Å². The highest BCUT2D eigenvalue weighted by Gasteiger charge is 2.25. The van der Waals surface area contributed by atoms with E-state index >= 15 is 0 Å². The zero-order chi connectivity index (χ0) is 11.4. The molecule has 1 aliphatic rings. The van der Waals surface area contributed by atoms with Crippen molar-refractivity contribution < 1.29 is 4.74 Å². The van der Waals surface area contributed by atoms with Crippen molar-refractivity contribution in [2.24, 2.45) is 5.84 Å². The number of methoxy groups -OCH3 is 1. The molecule has 0 heterocycles. The Kier molecular flexibility index (Phi) is 3.80. The van der Waals surface area contributed by atoms with Crippen LogP contribution in [0.1, 0.15) is 37.2 Å². The van der Waals surface area contributed by atoms with Gasteiger partial charge in [0.1, 0.15) is 5.75 Å². The van der Waals surface area contributed by atoms with Crippen molar-refractivity contribution in [3.8, 4) is 5.75 Å². The molecule has 0 bridgehead atoms. The van der Waals surface area contributed by atoms with Gasteiger partial charge in [-0.3, -0.25) is 11.3 Å². The predicted octanol–water partition coefficient (Wildman–Crippen LogP) is 2.18. The number of ether oxygens (including phenoxy) is 1. The van der Waals surface area contributed by atoms with Crippen LogP contribution in [-0.4, -0.2) is 13.2 Å². The van der Waals surface area contributed by atoms with Crippen LogP contribution in [0.5, 0.6) is 5.75 Å². The van der Waals surface area contributed by atoms with Crippen LogP contribution in [0.4, 0.5) is 0 Å². The molecule has 0 aliphatic heterocycles. The fraction of sp³-hybridized carbons (Fsp3) is 0.538. The molecule has 0 aromatic heterocycles. The summed E-state index contributed by atoms with van der Waals surface area (Å²) < 4.78 is 5.26. The van der Waals surface area contributed by atoms with Crippen LogP contribution >= 0.6 is 0 Å². The molecular formula is C13H20N2O. The summed E-state index contributed by atoms with van der Waals surface area (Å²) in [6.07, 6.45) is 4.94. The summed E-state index contributed by atoms with van der Waals surface area (Å²) in [7, 11) is 1.71. The minimum absolute atomic E-state index is 0.404. The molecule has 16 heavy (non-hydrogen) atoms. The van der Waals surface area contributed by atoms with E-state index in [4.69, 9.17) is 10.6 Å². The number of hydrogen-bond acceptors (Lipinski definition) is 3. The first-order valence-corrected chi connectivity index (χ1v) is 5.95. The number of nitrogens with two attached hydrogens (primary N) is 1. The van der Waals surface area contributed by atoms with Gasteiger partial charge in [0.15, 0.2) is 0 Å². The smallest absolute Gasteiger partial charge is 0.119 e. The Bertz CT molecular complexity index is 340.